The Balaban J connectivity index is 1.66. The highest BCUT2D eigenvalue weighted by Gasteiger charge is 2.28. The third kappa shape index (κ3) is 4.84. The van der Waals surface area contributed by atoms with Gasteiger partial charge >= 0.3 is 0 Å². The Morgan fingerprint density at radius 1 is 1.10 bits per heavy atom. The summed E-state index contributed by atoms with van der Waals surface area (Å²) in [5, 5.41) is 3.43. The van der Waals surface area contributed by atoms with Crippen LogP contribution in [-0.4, -0.2) is 43.0 Å². The van der Waals surface area contributed by atoms with Crippen LogP contribution < -0.4 is 5.32 Å². The molecule has 31 heavy (non-hydrogen) atoms. The molecule has 0 bridgehead atoms. The number of rotatable bonds is 5. The molecular weight excluding hydrogens is 415 g/mol. The molecule has 7 heteroatoms. The second-order valence-electron chi connectivity index (χ2n) is 7.39. The van der Waals surface area contributed by atoms with Gasteiger partial charge in [-0.1, -0.05) is 42.5 Å². The van der Waals surface area contributed by atoms with Crippen molar-refractivity contribution >= 4 is 28.2 Å². The molecule has 160 valence electrons. The maximum atomic E-state index is 13.5. The molecule has 1 aromatic heterocycles. The van der Waals surface area contributed by atoms with Crippen molar-refractivity contribution in [1.82, 2.24) is 4.90 Å². The second-order valence-corrected chi connectivity index (χ2v) is 8.41. The molecule has 1 aliphatic heterocycles. The van der Waals surface area contributed by atoms with Crippen molar-refractivity contribution < 1.29 is 18.7 Å². The van der Waals surface area contributed by atoms with Crippen molar-refractivity contribution in [2.45, 2.75) is 13.3 Å². The second kappa shape index (κ2) is 9.41. The van der Waals surface area contributed by atoms with Crippen molar-refractivity contribution in [3.8, 4) is 10.4 Å². The maximum Gasteiger partial charge on any atom is 0.257 e. The minimum atomic E-state index is -0.383. The molecule has 1 N–H and O–H groups in total. The molecule has 2 aromatic carbocycles. The Morgan fingerprint density at radius 2 is 1.84 bits per heavy atom. The number of thiophene rings is 1. The van der Waals surface area contributed by atoms with Crippen molar-refractivity contribution in [2.24, 2.45) is 0 Å². The highest BCUT2D eigenvalue weighted by molar-refractivity contribution is 7.20. The number of hydrogen-bond acceptors (Lipinski definition) is 4. The molecule has 1 aliphatic rings. The first kappa shape index (κ1) is 21.2. The van der Waals surface area contributed by atoms with Crippen molar-refractivity contribution in [2.75, 3.05) is 31.6 Å². The topological polar surface area (TPSA) is 58.6 Å². The molecule has 0 radical (unpaired) electrons. The summed E-state index contributed by atoms with van der Waals surface area (Å²) in [7, 11) is 0. The first-order valence-corrected chi connectivity index (χ1v) is 10.9. The minimum Gasteiger partial charge on any atom is -0.378 e. The van der Waals surface area contributed by atoms with E-state index in [2.05, 4.69) is 5.32 Å². The lowest BCUT2D eigenvalue weighted by Gasteiger charge is -2.27. The van der Waals surface area contributed by atoms with Gasteiger partial charge in [0, 0.05) is 18.0 Å². The van der Waals surface area contributed by atoms with Crippen LogP contribution in [0.3, 0.4) is 0 Å². The van der Waals surface area contributed by atoms with Gasteiger partial charge in [0.25, 0.3) is 5.91 Å². The summed E-state index contributed by atoms with van der Waals surface area (Å²) < 4.78 is 18.8. The van der Waals surface area contributed by atoms with Crippen LogP contribution in [0.25, 0.3) is 10.4 Å². The summed E-state index contributed by atoms with van der Waals surface area (Å²) in [6, 6.07) is 15.8. The molecule has 4 rings (SSSR count). The number of carbonyl (C=O) groups excluding carboxylic acids is 2. The first-order valence-electron chi connectivity index (χ1n) is 10.1. The first-order chi connectivity index (χ1) is 15.0. The molecule has 0 unspecified atom stereocenters. The van der Waals surface area contributed by atoms with Gasteiger partial charge in [-0.2, -0.15) is 0 Å². The van der Waals surface area contributed by atoms with Crippen LogP contribution in [0.15, 0.2) is 54.6 Å². The fraction of sp³-hybridized carbons (Fsp3) is 0.250. The van der Waals surface area contributed by atoms with E-state index in [-0.39, 0.29) is 24.1 Å². The number of hydrogen-bond donors (Lipinski definition) is 1. The van der Waals surface area contributed by atoms with Crippen LogP contribution in [0.2, 0.25) is 0 Å². The Kier molecular flexibility index (Phi) is 6.44. The molecule has 0 atom stereocenters. The quantitative estimate of drug-likeness (QED) is 0.637. The zero-order chi connectivity index (χ0) is 21.8. The van der Waals surface area contributed by atoms with Gasteiger partial charge in [0.05, 0.1) is 25.2 Å². The van der Waals surface area contributed by atoms with E-state index in [9.17, 15) is 14.0 Å². The molecule has 0 spiro atoms. The van der Waals surface area contributed by atoms with E-state index < -0.39 is 0 Å². The molecule has 0 saturated carbocycles. The number of amides is 2. The van der Waals surface area contributed by atoms with Crippen molar-refractivity contribution in [3.63, 3.8) is 0 Å². The van der Waals surface area contributed by atoms with Gasteiger partial charge in [0.1, 0.15) is 10.8 Å². The smallest absolute Gasteiger partial charge is 0.257 e. The fourth-order valence-corrected chi connectivity index (χ4v) is 4.87. The molecule has 1 fully saturated rings. The number of carbonyl (C=O) groups is 2. The average Bonchev–Trinajstić information content (AvgIpc) is 3.10. The summed E-state index contributed by atoms with van der Waals surface area (Å²) in [6.45, 7) is 3.95. The zero-order valence-electron chi connectivity index (χ0n) is 17.2. The van der Waals surface area contributed by atoms with Gasteiger partial charge in [-0.15, -0.1) is 11.3 Å². The number of ether oxygens (including phenoxy) is 1. The standard InChI is InChI=1S/C24H23FN2O3S/c1-16-21(24(29)27-10-12-30-13-11-27)23(31-22(16)18-7-3-2-4-8-18)26-20(28)15-17-6-5-9-19(25)14-17/h2-9,14H,10-13,15H2,1H3,(H,26,28). The number of benzene rings is 2. The van der Waals surface area contributed by atoms with E-state index in [4.69, 9.17) is 4.74 Å². The van der Waals surface area contributed by atoms with Gasteiger partial charge in [-0.3, -0.25) is 9.59 Å². The molecule has 2 amide bonds. The van der Waals surface area contributed by atoms with E-state index >= 15 is 0 Å². The third-order valence-corrected chi connectivity index (χ3v) is 6.46. The highest BCUT2D eigenvalue weighted by Crippen LogP contribution is 2.40. The van der Waals surface area contributed by atoms with Crippen molar-refractivity contribution in [3.05, 3.63) is 77.1 Å². The van der Waals surface area contributed by atoms with Crippen LogP contribution in [0.1, 0.15) is 21.5 Å². The highest BCUT2D eigenvalue weighted by atomic mass is 32.1. The van der Waals surface area contributed by atoms with Crippen LogP contribution in [-0.2, 0) is 16.0 Å². The predicted molar refractivity (Wildman–Crippen MR) is 120 cm³/mol. The molecule has 2 heterocycles. The van der Waals surface area contributed by atoms with Gasteiger partial charge in [0.2, 0.25) is 5.91 Å². The SMILES string of the molecule is Cc1c(-c2ccccc2)sc(NC(=O)Cc2cccc(F)c2)c1C(=O)N1CCOCC1. The third-order valence-electron chi connectivity index (χ3n) is 5.20. The van der Waals surface area contributed by atoms with Crippen molar-refractivity contribution in [1.29, 1.82) is 0 Å². The van der Waals surface area contributed by atoms with E-state index in [1.807, 2.05) is 37.3 Å². The lowest BCUT2D eigenvalue weighted by Crippen LogP contribution is -2.41. The van der Waals surface area contributed by atoms with Crippen LogP contribution in [0, 0.1) is 12.7 Å². The molecule has 3 aromatic rings. The number of anilines is 1. The zero-order valence-corrected chi connectivity index (χ0v) is 18.0. The monoisotopic (exact) mass is 438 g/mol. The largest absolute Gasteiger partial charge is 0.378 e. The molecular formula is C24H23FN2O3S. The summed E-state index contributed by atoms with van der Waals surface area (Å²) in [6.07, 6.45) is 0.0283. The lowest BCUT2D eigenvalue weighted by molar-refractivity contribution is -0.115. The molecule has 1 saturated heterocycles. The molecule has 5 nitrogen and oxygen atoms in total. The Labute approximate surface area is 184 Å². The molecule has 0 aliphatic carbocycles. The number of halogens is 1. The van der Waals surface area contributed by atoms with Gasteiger partial charge < -0.3 is 15.0 Å². The van der Waals surface area contributed by atoms with Crippen LogP contribution in [0.4, 0.5) is 9.39 Å². The Morgan fingerprint density at radius 3 is 2.55 bits per heavy atom. The van der Waals surface area contributed by atoms with E-state index in [0.29, 0.717) is 42.4 Å². The van der Waals surface area contributed by atoms with Gasteiger partial charge in [-0.25, -0.2) is 4.39 Å². The minimum absolute atomic E-state index is 0.0283. The van der Waals surface area contributed by atoms with Gasteiger partial charge in [0.15, 0.2) is 0 Å². The summed E-state index contributed by atoms with van der Waals surface area (Å²) >= 11 is 1.39. The lowest BCUT2D eigenvalue weighted by atomic mass is 10.1. The fourth-order valence-electron chi connectivity index (χ4n) is 3.65. The maximum absolute atomic E-state index is 13.5. The number of nitrogens with one attached hydrogen (secondary N) is 1. The average molecular weight is 439 g/mol. The van der Waals surface area contributed by atoms with Gasteiger partial charge in [-0.05, 0) is 35.7 Å². The number of nitrogens with zero attached hydrogens (tertiary/aromatic N) is 1. The van der Waals surface area contributed by atoms with E-state index in [0.717, 1.165) is 16.0 Å². The van der Waals surface area contributed by atoms with Crippen LogP contribution in [0.5, 0.6) is 0 Å². The summed E-state index contributed by atoms with van der Waals surface area (Å²) in [4.78, 5) is 28.8. The number of morpholine rings is 1. The summed E-state index contributed by atoms with van der Waals surface area (Å²) in [5.41, 5.74) is 2.92. The Hall–Kier alpha value is -3.03. The van der Waals surface area contributed by atoms with E-state index in [1.165, 1.54) is 23.5 Å². The van der Waals surface area contributed by atoms with E-state index in [1.54, 1.807) is 17.0 Å². The predicted octanol–water partition coefficient (Wildman–Crippen LogP) is 4.52. The summed E-state index contributed by atoms with van der Waals surface area (Å²) in [5.74, 6) is -0.783. The Bertz CT molecular complexity index is 1090. The van der Waals surface area contributed by atoms with Crippen LogP contribution >= 0.6 is 11.3 Å². The normalized spacial score (nSPS) is 13.8.